The normalized spacial score (nSPS) is 14.7. The van der Waals surface area contributed by atoms with Crippen molar-refractivity contribution in [1.82, 2.24) is 9.71 Å². The van der Waals surface area contributed by atoms with Crippen LogP contribution < -0.4 is 14.8 Å². The van der Waals surface area contributed by atoms with Gasteiger partial charge in [0.05, 0.1) is 15.6 Å². The van der Waals surface area contributed by atoms with E-state index in [9.17, 15) is 13.2 Å². The molecule has 0 radical (unpaired) electrons. The first-order valence-electron chi connectivity index (χ1n) is 11.0. The molecule has 1 heterocycles. The van der Waals surface area contributed by atoms with Gasteiger partial charge in [-0.2, -0.15) is 0 Å². The Balaban J connectivity index is 1.30. The lowest BCUT2D eigenvalue weighted by Gasteiger charge is -2.22. The summed E-state index contributed by atoms with van der Waals surface area (Å²) in [5.41, 5.74) is 2.46. The van der Waals surface area contributed by atoms with E-state index in [1.54, 1.807) is 29.5 Å². The number of amides is 1. The van der Waals surface area contributed by atoms with E-state index < -0.39 is 10.0 Å². The standard InChI is InChI=1S/C24H27N3O4S2/c1-17-25-23(16-32-17)18-6-5-9-20(14-18)26-24(28)15-31-21-10-12-22(13-11-21)33(29,30)27-19-7-3-2-4-8-19/h5-6,9-14,16,19,27H,2-4,7-8,15H2,1H3,(H,26,28). The molecule has 1 saturated carbocycles. The first-order chi connectivity index (χ1) is 15.9. The number of benzene rings is 2. The van der Waals surface area contributed by atoms with Gasteiger partial charge in [-0.15, -0.1) is 11.3 Å². The van der Waals surface area contributed by atoms with Gasteiger partial charge in [-0.05, 0) is 56.2 Å². The van der Waals surface area contributed by atoms with E-state index in [1.807, 2.05) is 30.5 Å². The number of rotatable bonds is 8. The Morgan fingerprint density at radius 3 is 2.58 bits per heavy atom. The summed E-state index contributed by atoms with van der Waals surface area (Å²) in [7, 11) is -3.56. The van der Waals surface area contributed by atoms with Gasteiger partial charge in [-0.25, -0.2) is 18.1 Å². The minimum Gasteiger partial charge on any atom is -0.484 e. The molecule has 1 fully saturated rings. The van der Waals surface area contributed by atoms with Crippen molar-refractivity contribution in [2.24, 2.45) is 0 Å². The highest BCUT2D eigenvalue weighted by atomic mass is 32.2. The lowest BCUT2D eigenvalue weighted by molar-refractivity contribution is -0.118. The molecule has 1 amide bonds. The number of aryl methyl sites for hydroxylation is 1. The minimum atomic E-state index is -3.56. The lowest BCUT2D eigenvalue weighted by Crippen LogP contribution is -2.36. The van der Waals surface area contributed by atoms with Crippen LogP contribution in [0, 0.1) is 6.92 Å². The highest BCUT2D eigenvalue weighted by Crippen LogP contribution is 2.24. The van der Waals surface area contributed by atoms with Crippen molar-refractivity contribution >= 4 is 33.0 Å². The van der Waals surface area contributed by atoms with E-state index in [2.05, 4.69) is 15.0 Å². The summed E-state index contributed by atoms with van der Waals surface area (Å²) < 4.78 is 33.5. The molecule has 1 aromatic heterocycles. The Morgan fingerprint density at radius 1 is 1.12 bits per heavy atom. The average molecular weight is 486 g/mol. The molecule has 1 aliphatic carbocycles. The van der Waals surface area contributed by atoms with Gasteiger partial charge in [-0.1, -0.05) is 31.4 Å². The molecule has 0 spiro atoms. The monoisotopic (exact) mass is 485 g/mol. The summed E-state index contributed by atoms with van der Waals surface area (Å²) in [4.78, 5) is 17.0. The van der Waals surface area contributed by atoms with Gasteiger partial charge in [0.1, 0.15) is 5.75 Å². The topological polar surface area (TPSA) is 97.4 Å². The fourth-order valence-electron chi connectivity index (χ4n) is 3.82. The number of sulfonamides is 1. The Hall–Kier alpha value is -2.75. The number of anilines is 1. The highest BCUT2D eigenvalue weighted by Gasteiger charge is 2.21. The fourth-order valence-corrected chi connectivity index (χ4v) is 5.75. The van der Waals surface area contributed by atoms with Crippen molar-refractivity contribution in [1.29, 1.82) is 0 Å². The maximum absolute atomic E-state index is 12.6. The molecular weight excluding hydrogens is 458 g/mol. The zero-order valence-corrected chi connectivity index (χ0v) is 20.0. The largest absolute Gasteiger partial charge is 0.484 e. The number of hydrogen-bond acceptors (Lipinski definition) is 6. The molecule has 2 aromatic carbocycles. The molecule has 0 bridgehead atoms. The second kappa shape index (κ2) is 10.5. The summed E-state index contributed by atoms with van der Waals surface area (Å²) in [6, 6.07) is 13.6. The zero-order valence-electron chi connectivity index (χ0n) is 18.4. The van der Waals surface area contributed by atoms with Crippen molar-refractivity contribution in [3.05, 3.63) is 58.9 Å². The molecule has 7 nitrogen and oxygen atoms in total. The van der Waals surface area contributed by atoms with Crippen LogP contribution in [-0.4, -0.2) is 32.0 Å². The number of carbonyl (C=O) groups excluding carboxylic acids is 1. The number of nitrogens with one attached hydrogen (secondary N) is 2. The quantitative estimate of drug-likeness (QED) is 0.480. The van der Waals surface area contributed by atoms with Crippen LogP contribution >= 0.6 is 11.3 Å². The fraction of sp³-hybridized carbons (Fsp3) is 0.333. The number of hydrogen-bond donors (Lipinski definition) is 2. The van der Waals surface area contributed by atoms with E-state index in [0.717, 1.165) is 48.4 Å². The molecule has 3 aromatic rings. The van der Waals surface area contributed by atoms with Crippen LogP contribution in [0.5, 0.6) is 5.75 Å². The summed E-state index contributed by atoms with van der Waals surface area (Å²) >= 11 is 1.58. The van der Waals surface area contributed by atoms with Crippen LogP contribution in [0.2, 0.25) is 0 Å². The maximum Gasteiger partial charge on any atom is 0.262 e. The summed E-state index contributed by atoms with van der Waals surface area (Å²) in [6.45, 7) is 1.76. The molecule has 9 heteroatoms. The molecule has 2 N–H and O–H groups in total. The van der Waals surface area contributed by atoms with Gasteiger partial charge in [0.2, 0.25) is 10.0 Å². The minimum absolute atomic E-state index is 0.00131. The molecule has 0 unspecified atom stereocenters. The molecule has 0 saturated heterocycles. The van der Waals surface area contributed by atoms with Gasteiger partial charge >= 0.3 is 0 Å². The third-order valence-corrected chi connectivity index (χ3v) is 7.80. The molecular formula is C24H27N3O4S2. The Kier molecular flexibility index (Phi) is 7.42. The van der Waals surface area contributed by atoms with Gasteiger partial charge in [0, 0.05) is 22.7 Å². The van der Waals surface area contributed by atoms with E-state index in [1.165, 1.54) is 12.1 Å². The summed E-state index contributed by atoms with van der Waals surface area (Å²) in [5.74, 6) is 0.116. The number of carbonyl (C=O) groups is 1. The molecule has 4 rings (SSSR count). The number of thiazole rings is 1. The smallest absolute Gasteiger partial charge is 0.262 e. The summed E-state index contributed by atoms with van der Waals surface area (Å²) in [5, 5.41) is 5.78. The van der Waals surface area contributed by atoms with Crippen molar-refractivity contribution in [3.8, 4) is 17.0 Å². The third kappa shape index (κ3) is 6.40. The predicted octanol–water partition coefficient (Wildman–Crippen LogP) is 4.75. The number of aromatic nitrogens is 1. The zero-order chi connectivity index (χ0) is 23.3. The van der Waals surface area contributed by atoms with Gasteiger partial charge in [0.15, 0.2) is 6.61 Å². The number of nitrogens with zero attached hydrogens (tertiary/aromatic N) is 1. The second-order valence-electron chi connectivity index (χ2n) is 8.10. The van der Waals surface area contributed by atoms with Gasteiger partial charge in [-0.3, -0.25) is 4.79 Å². The molecule has 1 aliphatic rings. The lowest BCUT2D eigenvalue weighted by atomic mass is 9.96. The van der Waals surface area contributed by atoms with Crippen LogP contribution in [0.4, 0.5) is 5.69 Å². The summed E-state index contributed by atoms with van der Waals surface area (Å²) in [6.07, 6.45) is 5.02. The van der Waals surface area contributed by atoms with Crippen molar-refractivity contribution in [2.75, 3.05) is 11.9 Å². The Bertz CT molecular complexity index is 1200. The molecule has 174 valence electrons. The highest BCUT2D eigenvalue weighted by molar-refractivity contribution is 7.89. The van der Waals surface area contributed by atoms with Crippen LogP contribution in [0.3, 0.4) is 0 Å². The van der Waals surface area contributed by atoms with Crippen LogP contribution in [-0.2, 0) is 14.8 Å². The first-order valence-corrected chi connectivity index (χ1v) is 13.3. The Labute approximate surface area is 198 Å². The molecule has 0 aliphatic heterocycles. The molecule has 0 atom stereocenters. The SMILES string of the molecule is Cc1nc(-c2cccc(NC(=O)COc3ccc(S(=O)(=O)NC4CCCCC4)cc3)c2)cs1. The average Bonchev–Trinajstić information content (AvgIpc) is 3.25. The molecule has 33 heavy (non-hydrogen) atoms. The van der Waals surface area contributed by atoms with Crippen molar-refractivity contribution in [2.45, 2.75) is 50.0 Å². The number of ether oxygens (including phenoxy) is 1. The van der Waals surface area contributed by atoms with E-state index in [-0.39, 0.29) is 23.5 Å². The van der Waals surface area contributed by atoms with Crippen molar-refractivity contribution < 1.29 is 17.9 Å². The predicted molar refractivity (Wildman–Crippen MR) is 130 cm³/mol. The second-order valence-corrected chi connectivity index (χ2v) is 10.9. The third-order valence-electron chi connectivity index (χ3n) is 5.49. The van der Waals surface area contributed by atoms with Crippen molar-refractivity contribution in [3.63, 3.8) is 0 Å². The van der Waals surface area contributed by atoms with Gasteiger partial charge < -0.3 is 10.1 Å². The Morgan fingerprint density at radius 2 is 1.88 bits per heavy atom. The van der Waals surface area contributed by atoms with Crippen LogP contribution in [0.1, 0.15) is 37.1 Å². The van der Waals surface area contributed by atoms with Gasteiger partial charge in [0.25, 0.3) is 5.91 Å². The van der Waals surface area contributed by atoms with Crippen LogP contribution in [0.15, 0.2) is 58.8 Å². The maximum atomic E-state index is 12.6. The van der Waals surface area contributed by atoms with E-state index >= 15 is 0 Å². The van der Waals surface area contributed by atoms with E-state index in [4.69, 9.17) is 4.74 Å². The van der Waals surface area contributed by atoms with E-state index in [0.29, 0.717) is 11.4 Å². The van der Waals surface area contributed by atoms with Crippen LogP contribution in [0.25, 0.3) is 11.3 Å². The first kappa shape index (κ1) is 23.4.